The summed E-state index contributed by atoms with van der Waals surface area (Å²) < 4.78 is 21.8. The van der Waals surface area contributed by atoms with Crippen LogP contribution in [0.15, 0.2) is 11.6 Å². The molecule has 0 heterocycles. The molecule has 142 valence electrons. The molecule has 0 aromatic heterocycles. The Morgan fingerprint density at radius 1 is 1.04 bits per heavy atom. The molecule has 0 rings (SSSR count). The molecule has 0 aromatic rings. The maximum atomic E-state index is 12.1. The summed E-state index contributed by atoms with van der Waals surface area (Å²) in [4.78, 5) is 12.1. The average molecular weight is 361 g/mol. The van der Waals surface area contributed by atoms with Crippen molar-refractivity contribution in [2.45, 2.75) is 78.7 Å². The first-order chi connectivity index (χ1) is 11.7. The largest absolute Gasteiger partial charge is 0.424 e. The lowest BCUT2D eigenvalue weighted by Crippen LogP contribution is -2.26. The van der Waals surface area contributed by atoms with E-state index in [1.807, 2.05) is 13.0 Å². The van der Waals surface area contributed by atoms with E-state index in [9.17, 15) is 4.79 Å². The van der Waals surface area contributed by atoms with Crippen LogP contribution in [-0.4, -0.2) is 42.0 Å². The maximum absolute atomic E-state index is 12.1. The van der Waals surface area contributed by atoms with Gasteiger partial charge in [0, 0.05) is 12.2 Å². The van der Waals surface area contributed by atoms with Gasteiger partial charge in [0.2, 0.25) is 0 Å². The zero-order valence-electron chi connectivity index (χ0n) is 16.0. The van der Waals surface area contributed by atoms with Crippen LogP contribution < -0.4 is 0 Å². The fraction of sp³-hybridized carbons (Fsp3) is 0.833. The lowest BCUT2D eigenvalue weighted by molar-refractivity contribution is -0.274. The summed E-state index contributed by atoms with van der Waals surface area (Å²) in [6.45, 7) is 8.95. The highest BCUT2D eigenvalue weighted by atomic mass is 28.2. The number of ether oxygens (including phenoxy) is 3. The Morgan fingerprint density at radius 3 is 2.21 bits per heavy atom. The molecule has 0 N–H and O–H groups in total. The van der Waals surface area contributed by atoms with Gasteiger partial charge in [0.05, 0.1) is 13.2 Å². The van der Waals surface area contributed by atoms with Gasteiger partial charge in [0.15, 0.2) is 9.76 Å². The molecule has 0 aliphatic carbocycles. The van der Waals surface area contributed by atoms with E-state index in [4.69, 9.17) is 18.6 Å². The summed E-state index contributed by atoms with van der Waals surface area (Å²) >= 11 is 0. The third-order valence-electron chi connectivity index (χ3n) is 3.43. The fourth-order valence-corrected chi connectivity index (χ4v) is 2.82. The topological polar surface area (TPSA) is 54.0 Å². The second kappa shape index (κ2) is 17.1. The minimum absolute atomic E-state index is 0.366. The number of hydrogen-bond acceptors (Lipinski definition) is 5. The van der Waals surface area contributed by atoms with Crippen molar-refractivity contribution < 1.29 is 23.4 Å². The molecule has 0 atom stereocenters. The quantitative estimate of drug-likeness (QED) is 0.138. The summed E-state index contributed by atoms with van der Waals surface area (Å²) in [6.07, 6.45) is 7.75. The highest BCUT2D eigenvalue weighted by Gasteiger charge is 2.16. The standard InChI is InChI=1S/C18H36O5Si/c1-5-8-13-20-18(21-14-9-6-2)23-17(19)16(4)12-10-11-15-24-22-7-3/h12,18H,5-11,13-15,24H2,1-4H3. The van der Waals surface area contributed by atoms with Gasteiger partial charge in [0.25, 0.3) is 0 Å². The summed E-state index contributed by atoms with van der Waals surface area (Å²) in [5.41, 5.74) is 0.608. The van der Waals surface area contributed by atoms with Crippen molar-refractivity contribution in [3.8, 4) is 0 Å². The van der Waals surface area contributed by atoms with Crippen LogP contribution in [0.3, 0.4) is 0 Å². The Kier molecular flexibility index (Phi) is 16.6. The van der Waals surface area contributed by atoms with Crippen molar-refractivity contribution >= 4 is 15.7 Å². The third-order valence-corrected chi connectivity index (χ3v) is 4.91. The molecule has 0 spiro atoms. The SMILES string of the molecule is CCCCOC(OCCCC)OC(=O)C(C)=CCCC[SiH2]OCC. The van der Waals surface area contributed by atoms with Gasteiger partial charge in [-0.3, -0.25) is 0 Å². The Bertz CT molecular complexity index is 323. The van der Waals surface area contributed by atoms with E-state index in [0.717, 1.165) is 51.2 Å². The summed E-state index contributed by atoms with van der Waals surface area (Å²) in [6, 6.07) is 1.13. The van der Waals surface area contributed by atoms with Crippen molar-refractivity contribution in [3.63, 3.8) is 0 Å². The average Bonchev–Trinajstić information content (AvgIpc) is 2.57. The highest BCUT2D eigenvalue weighted by molar-refractivity contribution is 6.26. The minimum atomic E-state index is -0.899. The van der Waals surface area contributed by atoms with Crippen LogP contribution in [0.25, 0.3) is 0 Å². The molecule has 0 fully saturated rings. The van der Waals surface area contributed by atoms with E-state index in [0.29, 0.717) is 18.8 Å². The number of esters is 1. The van der Waals surface area contributed by atoms with E-state index in [1.165, 1.54) is 0 Å². The Labute approximate surface area is 150 Å². The number of carbonyl (C=O) groups is 1. The molecule has 6 heteroatoms. The van der Waals surface area contributed by atoms with E-state index in [-0.39, 0.29) is 15.7 Å². The lowest BCUT2D eigenvalue weighted by atomic mass is 10.2. The Morgan fingerprint density at radius 2 is 1.67 bits per heavy atom. The van der Waals surface area contributed by atoms with Crippen molar-refractivity contribution in [1.29, 1.82) is 0 Å². The number of rotatable bonds is 16. The molecule has 0 amide bonds. The molecule has 0 aliphatic heterocycles. The van der Waals surface area contributed by atoms with Crippen molar-refractivity contribution in [3.05, 3.63) is 11.6 Å². The first-order valence-corrected chi connectivity index (χ1v) is 10.9. The molecular formula is C18H36O5Si. The van der Waals surface area contributed by atoms with Gasteiger partial charge < -0.3 is 18.6 Å². The molecule has 0 radical (unpaired) electrons. The van der Waals surface area contributed by atoms with Gasteiger partial charge in [-0.05, 0) is 39.2 Å². The van der Waals surface area contributed by atoms with Gasteiger partial charge in [-0.15, -0.1) is 0 Å². The van der Waals surface area contributed by atoms with Crippen molar-refractivity contribution in [2.24, 2.45) is 0 Å². The van der Waals surface area contributed by atoms with Crippen LogP contribution >= 0.6 is 0 Å². The molecule has 0 saturated carbocycles. The summed E-state index contributed by atoms with van der Waals surface area (Å²) in [7, 11) is -0.381. The third kappa shape index (κ3) is 13.7. The Hall–Kier alpha value is -0.693. The zero-order chi connectivity index (χ0) is 18.0. The summed E-state index contributed by atoms with van der Waals surface area (Å²) in [5.74, 6) is -0.366. The maximum Gasteiger partial charge on any atom is 0.337 e. The van der Waals surface area contributed by atoms with Crippen LogP contribution in [0, 0.1) is 0 Å². The van der Waals surface area contributed by atoms with Gasteiger partial charge in [-0.1, -0.05) is 39.2 Å². The van der Waals surface area contributed by atoms with E-state index in [1.54, 1.807) is 6.92 Å². The second-order valence-corrected chi connectivity index (χ2v) is 7.25. The molecule has 0 bridgehead atoms. The van der Waals surface area contributed by atoms with E-state index >= 15 is 0 Å². The lowest BCUT2D eigenvalue weighted by Gasteiger charge is -2.18. The molecule has 0 saturated heterocycles. The highest BCUT2D eigenvalue weighted by Crippen LogP contribution is 2.08. The molecule has 5 nitrogen and oxygen atoms in total. The van der Waals surface area contributed by atoms with Crippen molar-refractivity contribution in [1.82, 2.24) is 0 Å². The zero-order valence-corrected chi connectivity index (χ0v) is 17.4. The van der Waals surface area contributed by atoms with E-state index < -0.39 is 6.48 Å². The Balaban J connectivity index is 4.18. The van der Waals surface area contributed by atoms with Gasteiger partial charge >= 0.3 is 12.4 Å². The first-order valence-electron chi connectivity index (χ1n) is 9.34. The van der Waals surface area contributed by atoms with E-state index in [2.05, 4.69) is 13.8 Å². The predicted molar refractivity (Wildman–Crippen MR) is 99.6 cm³/mol. The minimum Gasteiger partial charge on any atom is -0.424 e. The monoisotopic (exact) mass is 360 g/mol. The number of allylic oxidation sites excluding steroid dienone is 1. The predicted octanol–water partition coefficient (Wildman–Crippen LogP) is 3.71. The van der Waals surface area contributed by atoms with Crippen LogP contribution in [0.2, 0.25) is 6.04 Å². The molecule has 0 unspecified atom stereocenters. The van der Waals surface area contributed by atoms with Gasteiger partial charge in [-0.2, -0.15) is 0 Å². The second-order valence-electron chi connectivity index (χ2n) is 5.72. The van der Waals surface area contributed by atoms with Crippen LogP contribution in [0.1, 0.15) is 66.2 Å². The van der Waals surface area contributed by atoms with Gasteiger partial charge in [0.1, 0.15) is 0 Å². The van der Waals surface area contributed by atoms with Crippen LogP contribution in [-0.2, 0) is 23.4 Å². The normalized spacial score (nSPS) is 12.5. The smallest absolute Gasteiger partial charge is 0.337 e. The first kappa shape index (κ1) is 23.3. The number of carbonyl (C=O) groups excluding carboxylic acids is 1. The molecule has 24 heavy (non-hydrogen) atoms. The fourth-order valence-electron chi connectivity index (χ4n) is 1.84. The van der Waals surface area contributed by atoms with Crippen molar-refractivity contribution in [2.75, 3.05) is 19.8 Å². The number of unbranched alkanes of at least 4 members (excludes halogenated alkanes) is 3. The summed E-state index contributed by atoms with van der Waals surface area (Å²) in [5, 5.41) is 0. The number of hydrogen-bond donors (Lipinski definition) is 0. The van der Waals surface area contributed by atoms with Crippen LogP contribution in [0.5, 0.6) is 0 Å². The van der Waals surface area contributed by atoms with Crippen LogP contribution in [0.4, 0.5) is 0 Å². The molecule has 0 aromatic carbocycles. The molecular weight excluding hydrogens is 324 g/mol. The molecule has 0 aliphatic rings. The van der Waals surface area contributed by atoms with Gasteiger partial charge in [-0.25, -0.2) is 4.79 Å².